The first-order chi connectivity index (χ1) is 21.3. The molecule has 230 valence electrons. The van der Waals surface area contributed by atoms with E-state index in [-0.39, 0.29) is 25.0 Å². The van der Waals surface area contributed by atoms with Crippen molar-refractivity contribution in [2.75, 3.05) is 52.5 Å². The van der Waals surface area contributed by atoms with Gasteiger partial charge in [0.05, 0.1) is 41.2 Å². The summed E-state index contributed by atoms with van der Waals surface area (Å²) < 4.78 is 5.58. The monoisotopic (exact) mass is 634 g/mol. The third-order valence-electron chi connectivity index (χ3n) is 8.88. The van der Waals surface area contributed by atoms with Crippen LogP contribution >= 0.6 is 23.2 Å². The summed E-state index contributed by atoms with van der Waals surface area (Å²) in [5.41, 5.74) is 1.82. The molecule has 3 N–H and O–H groups in total. The van der Waals surface area contributed by atoms with Crippen molar-refractivity contribution < 1.29 is 19.4 Å². The summed E-state index contributed by atoms with van der Waals surface area (Å²) in [6.45, 7) is 5.34. The Kier molecular flexibility index (Phi) is 10.3. The molecule has 3 aromatic carbocycles. The Bertz CT molecular complexity index is 1640. The molecule has 1 fully saturated rings. The highest BCUT2D eigenvalue weighted by Gasteiger charge is 2.41. The molecule has 0 spiro atoms. The van der Waals surface area contributed by atoms with Gasteiger partial charge in [0.2, 0.25) is 0 Å². The first kappa shape index (κ1) is 32.0. The minimum absolute atomic E-state index is 0.0454. The quantitative estimate of drug-likeness (QED) is 0.205. The molecule has 1 aliphatic heterocycles. The van der Waals surface area contributed by atoms with Crippen molar-refractivity contribution in [2.45, 2.75) is 24.8 Å². The number of piperazine rings is 1. The van der Waals surface area contributed by atoms with E-state index < -0.39 is 5.54 Å². The second-order valence-electron chi connectivity index (χ2n) is 11.3. The van der Waals surface area contributed by atoms with Crippen molar-refractivity contribution in [2.24, 2.45) is 0 Å². The minimum Gasteiger partial charge on any atom is -0.467 e. The molecule has 1 amide bonds. The van der Waals surface area contributed by atoms with Crippen molar-refractivity contribution in [3.63, 3.8) is 0 Å². The van der Waals surface area contributed by atoms with Gasteiger partial charge < -0.3 is 24.8 Å². The second-order valence-corrected chi connectivity index (χ2v) is 12.1. The van der Waals surface area contributed by atoms with Crippen LogP contribution in [0.2, 0.25) is 10.0 Å². The van der Waals surface area contributed by atoms with Gasteiger partial charge in [-0.15, -0.1) is 0 Å². The standard InChI is InChI=1S/C34H36Cl2N4O4/c1-23-26(19-37)17-29(28-6-3-2-5-27(23)28)33(43)38-20-25(24-8-9-30(35)31(36)18-24)10-11-39-12-14-40(15-13-39)34(21-41,22-42)32-7-4-16-44-32/h2-9,16-18,25,41-42H,10-15,20-22H2,1H3,(H,38,43)/t25-/m1/s1. The number of aliphatic hydroxyl groups is 2. The summed E-state index contributed by atoms with van der Waals surface area (Å²) in [5.74, 6) is 0.268. The van der Waals surface area contributed by atoms with Gasteiger partial charge in [0.15, 0.2) is 0 Å². The van der Waals surface area contributed by atoms with Crippen LogP contribution in [-0.2, 0) is 5.54 Å². The molecule has 0 unspecified atom stereocenters. The zero-order valence-corrected chi connectivity index (χ0v) is 26.1. The fourth-order valence-electron chi connectivity index (χ4n) is 6.13. The molecule has 0 bridgehead atoms. The highest BCUT2D eigenvalue weighted by Crippen LogP contribution is 2.32. The van der Waals surface area contributed by atoms with Crippen LogP contribution < -0.4 is 5.32 Å². The first-order valence-electron chi connectivity index (χ1n) is 14.7. The Balaban J connectivity index is 1.29. The molecule has 0 radical (unpaired) electrons. The number of rotatable bonds is 11. The molecule has 0 saturated carbocycles. The number of nitriles is 1. The molecule has 1 atom stereocenters. The van der Waals surface area contributed by atoms with E-state index in [2.05, 4.69) is 21.2 Å². The van der Waals surface area contributed by atoms with Gasteiger partial charge in [-0.1, -0.05) is 53.5 Å². The van der Waals surface area contributed by atoms with Gasteiger partial charge >= 0.3 is 0 Å². The van der Waals surface area contributed by atoms with Gasteiger partial charge in [-0.25, -0.2) is 0 Å². The summed E-state index contributed by atoms with van der Waals surface area (Å²) in [6, 6.07) is 20.6. The van der Waals surface area contributed by atoms with Gasteiger partial charge in [-0.2, -0.15) is 5.26 Å². The smallest absolute Gasteiger partial charge is 0.251 e. The summed E-state index contributed by atoms with van der Waals surface area (Å²) in [6.07, 6.45) is 2.30. The fraction of sp³-hybridized carbons (Fsp3) is 0.353. The topological polar surface area (TPSA) is 113 Å². The molecule has 5 rings (SSSR count). The molecule has 1 saturated heterocycles. The Morgan fingerprint density at radius 2 is 1.75 bits per heavy atom. The average molecular weight is 636 g/mol. The number of nitrogens with one attached hydrogen (secondary N) is 1. The van der Waals surface area contributed by atoms with E-state index >= 15 is 0 Å². The molecule has 4 aromatic rings. The van der Waals surface area contributed by atoms with Gasteiger partial charge in [0.25, 0.3) is 5.91 Å². The van der Waals surface area contributed by atoms with Crippen molar-refractivity contribution in [1.82, 2.24) is 15.1 Å². The normalized spacial score (nSPS) is 15.3. The van der Waals surface area contributed by atoms with E-state index in [4.69, 9.17) is 27.6 Å². The maximum Gasteiger partial charge on any atom is 0.251 e. The third-order valence-corrected chi connectivity index (χ3v) is 9.62. The average Bonchev–Trinajstić information content (AvgIpc) is 3.60. The number of nitrogens with zero attached hydrogens (tertiary/aromatic N) is 3. The molecule has 0 aliphatic carbocycles. The maximum absolute atomic E-state index is 13.6. The number of carbonyl (C=O) groups is 1. The number of furan rings is 1. The fourth-order valence-corrected chi connectivity index (χ4v) is 6.44. The lowest BCUT2D eigenvalue weighted by Gasteiger charge is -2.45. The number of carbonyl (C=O) groups excluding carboxylic acids is 1. The molecule has 1 aromatic heterocycles. The van der Waals surface area contributed by atoms with E-state index in [1.54, 1.807) is 30.5 Å². The van der Waals surface area contributed by atoms with E-state index in [0.29, 0.717) is 46.6 Å². The number of aliphatic hydroxyl groups excluding tert-OH is 2. The predicted molar refractivity (Wildman–Crippen MR) is 172 cm³/mol. The lowest BCUT2D eigenvalue weighted by Crippen LogP contribution is -2.58. The van der Waals surface area contributed by atoms with Gasteiger partial charge in [0.1, 0.15) is 11.3 Å². The van der Waals surface area contributed by atoms with Gasteiger partial charge in [-0.3, -0.25) is 9.69 Å². The first-order valence-corrected chi connectivity index (χ1v) is 15.5. The van der Waals surface area contributed by atoms with Crippen molar-refractivity contribution >= 4 is 39.9 Å². The predicted octanol–water partition coefficient (Wildman–Crippen LogP) is 5.32. The van der Waals surface area contributed by atoms with E-state index in [1.165, 1.54) is 0 Å². The number of halogens is 2. The molecule has 1 aliphatic rings. The lowest BCUT2D eigenvalue weighted by molar-refractivity contribution is -0.0533. The van der Waals surface area contributed by atoms with E-state index in [0.717, 1.165) is 48.0 Å². The van der Waals surface area contributed by atoms with Gasteiger partial charge in [-0.05, 0) is 72.1 Å². The van der Waals surface area contributed by atoms with Crippen molar-refractivity contribution in [3.8, 4) is 6.07 Å². The largest absolute Gasteiger partial charge is 0.467 e. The highest BCUT2D eigenvalue weighted by molar-refractivity contribution is 6.42. The maximum atomic E-state index is 13.6. The van der Waals surface area contributed by atoms with Gasteiger partial charge in [0, 0.05) is 44.2 Å². The van der Waals surface area contributed by atoms with Crippen LogP contribution in [0.15, 0.2) is 71.3 Å². The summed E-state index contributed by atoms with van der Waals surface area (Å²) in [4.78, 5) is 18.0. The van der Waals surface area contributed by atoms with Crippen LogP contribution in [0.3, 0.4) is 0 Å². The molecule has 44 heavy (non-hydrogen) atoms. The van der Waals surface area contributed by atoms with E-state index in [9.17, 15) is 20.3 Å². The zero-order chi connectivity index (χ0) is 31.3. The SMILES string of the molecule is Cc1c(C#N)cc(C(=O)NC[C@@H](CCN2CCN(C(CO)(CO)c3ccco3)CC2)c2ccc(Cl)c(Cl)c2)c2ccccc12. The number of fused-ring (bicyclic) bond motifs is 1. The van der Waals surface area contributed by atoms with Crippen LogP contribution in [0.25, 0.3) is 10.8 Å². The Labute approximate surface area is 267 Å². The second kappa shape index (κ2) is 14.1. The summed E-state index contributed by atoms with van der Waals surface area (Å²) >= 11 is 12.6. The highest BCUT2D eigenvalue weighted by atomic mass is 35.5. The molecule has 8 nitrogen and oxygen atoms in total. The van der Waals surface area contributed by atoms with E-state index in [1.807, 2.05) is 43.3 Å². The third kappa shape index (κ3) is 6.50. The minimum atomic E-state index is -0.964. The Morgan fingerprint density at radius 3 is 2.39 bits per heavy atom. The van der Waals surface area contributed by atoms with Crippen LogP contribution in [0, 0.1) is 18.3 Å². The Hall–Kier alpha value is -3.42. The van der Waals surface area contributed by atoms with Crippen LogP contribution in [0.5, 0.6) is 0 Å². The van der Waals surface area contributed by atoms with Crippen LogP contribution in [0.1, 0.15) is 45.1 Å². The number of amides is 1. The number of aryl methyl sites for hydroxylation is 1. The lowest BCUT2D eigenvalue weighted by atomic mass is 9.93. The summed E-state index contributed by atoms with van der Waals surface area (Å²) in [5, 5.41) is 35.9. The number of hydrogen-bond acceptors (Lipinski definition) is 7. The molecular weight excluding hydrogens is 599 g/mol. The molecule has 10 heteroatoms. The van der Waals surface area contributed by atoms with Crippen LogP contribution in [0.4, 0.5) is 0 Å². The number of hydrogen-bond donors (Lipinski definition) is 3. The molecular formula is C34H36Cl2N4O4. The summed E-state index contributed by atoms with van der Waals surface area (Å²) in [7, 11) is 0. The number of benzene rings is 3. The van der Waals surface area contributed by atoms with Crippen molar-refractivity contribution in [3.05, 3.63) is 105 Å². The van der Waals surface area contributed by atoms with Crippen LogP contribution in [-0.4, -0.2) is 78.4 Å². The van der Waals surface area contributed by atoms with Crippen molar-refractivity contribution in [1.29, 1.82) is 5.26 Å². The molecule has 2 heterocycles. The zero-order valence-electron chi connectivity index (χ0n) is 24.6. The Morgan fingerprint density at radius 1 is 1.02 bits per heavy atom.